The Hall–Kier alpha value is 0.372. The molecule has 0 atom stereocenters. The second kappa shape index (κ2) is 25.8. The van der Waals surface area contributed by atoms with Crippen molar-refractivity contribution in [2.45, 2.75) is 98.1 Å². The third-order valence-corrected chi connectivity index (χ3v) is 24.9. The molecule has 3 aliphatic rings. The average molecular weight is 1010 g/mol. The zero-order valence-electron chi connectivity index (χ0n) is 34.6. The zero-order valence-corrected chi connectivity index (χ0v) is 43.1. The first-order valence-electron chi connectivity index (χ1n) is 18.3. The maximum Gasteiger partial charge on any atom is 2.00 e. The van der Waals surface area contributed by atoms with Gasteiger partial charge < -0.3 is 7.59 Å². The van der Waals surface area contributed by atoms with Crippen LogP contribution in [-0.2, 0) is 23.6 Å². The molecule has 1 fully saturated rings. The van der Waals surface area contributed by atoms with Gasteiger partial charge in [-0.3, -0.25) is 0 Å². The first kappa shape index (κ1) is 48.7. The van der Waals surface area contributed by atoms with E-state index in [4.69, 9.17) is 23.6 Å². The van der Waals surface area contributed by atoms with E-state index in [0.29, 0.717) is 33.0 Å². The predicted molar refractivity (Wildman–Crippen MR) is 239 cm³/mol. The molecule has 3 aliphatic heterocycles. The number of fused-ring (bicyclic) bond motifs is 4. The van der Waals surface area contributed by atoms with Crippen LogP contribution in [0.2, 0.25) is 11.5 Å². The molecule has 0 aromatic heterocycles. The SMILES string of the molecule is Brc1ccc2c(c1)Sc1ccccc1S2.C1CCOC1.CC[O][Ge]([CH3])([O]CC)[O]CC.CC[O][Ge]([CH3])([O]CC)[c]1ccc2c(c1)Sc1ccccc1S2.[H-].[H-].[Mg+2]. The molecular weight excluding hydrogens is 954 g/mol. The fourth-order valence-corrected chi connectivity index (χ4v) is 19.4. The zero-order chi connectivity index (χ0) is 38.1. The number of rotatable bonds is 11. The molecule has 292 valence electrons. The summed E-state index contributed by atoms with van der Waals surface area (Å²) in [6.45, 7) is 15.4. The summed E-state index contributed by atoms with van der Waals surface area (Å²) in [4.78, 5) is 10.7. The van der Waals surface area contributed by atoms with E-state index in [1.165, 1.54) is 56.4 Å². The normalized spacial score (nSPS) is 13.9. The molecule has 7 rings (SSSR count). The van der Waals surface area contributed by atoms with Gasteiger partial charge in [0, 0.05) is 37.3 Å². The van der Waals surface area contributed by atoms with Crippen molar-refractivity contribution in [1.29, 1.82) is 0 Å². The molecule has 1 saturated heterocycles. The van der Waals surface area contributed by atoms with Gasteiger partial charge in [0.2, 0.25) is 0 Å². The van der Waals surface area contributed by atoms with Crippen LogP contribution >= 0.6 is 63.0 Å². The summed E-state index contributed by atoms with van der Waals surface area (Å²) in [5, 5.41) is 0. The van der Waals surface area contributed by atoms with Crippen LogP contribution in [0, 0.1) is 0 Å². The van der Waals surface area contributed by atoms with Crippen LogP contribution < -0.4 is 4.40 Å². The van der Waals surface area contributed by atoms with Crippen molar-refractivity contribution in [2.24, 2.45) is 0 Å². The van der Waals surface area contributed by atoms with Gasteiger partial charge in [0.05, 0.1) is 0 Å². The third-order valence-electron chi connectivity index (χ3n) is 7.84. The van der Waals surface area contributed by atoms with Crippen LogP contribution in [0.1, 0.15) is 50.3 Å². The van der Waals surface area contributed by atoms with Crippen LogP contribution in [0.15, 0.2) is 129 Å². The monoisotopic (exact) mass is 1010 g/mol. The summed E-state index contributed by atoms with van der Waals surface area (Å²) in [6, 6.07) is 30.3. The van der Waals surface area contributed by atoms with E-state index in [0.717, 1.165) is 17.7 Å². The topological polar surface area (TPSA) is 55.4 Å². The van der Waals surface area contributed by atoms with Crippen molar-refractivity contribution >= 4 is 119 Å². The van der Waals surface area contributed by atoms with E-state index in [-0.39, 0.29) is 25.9 Å². The van der Waals surface area contributed by atoms with Crippen molar-refractivity contribution in [1.82, 2.24) is 0 Å². The number of hydrogen-bond acceptors (Lipinski definition) is 10. The summed E-state index contributed by atoms with van der Waals surface area (Å²) in [7, 11) is 0. The van der Waals surface area contributed by atoms with E-state index in [1.54, 1.807) is 0 Å². The molecule has 0 spiro atoms. The molecule has 0 N–H and O–H groups in total. The Morgan fingerprint density at radius 2 is 0.907 bits per heavy atom. The molecule has 0 unspecified atom stereocenters. The minimum Gasteiger partial charge on any atom is -1.00 e. The van der Waals surface area contributed by atoms with E-state index in [1.807, 2.05) is 87.4 Å². The Balaban J connectivity index is 0.000000403. The molecule has 4 aromatic carbocycles. The molecule has 54 heavy (non-hydrogen) atoms. The van der Waals surface area contributed by atoms with Crippen molar-refractivity contribution in [3.05, 3.63) is 89.4 Å². The summed E-state index contributed by atoms with van der Waals surface area (Å²) in [6.07, 6.45) is 2.56. The summed E-state index contributed by atoms with van der Waals surface area (Å²) >= 11 is 5.29. The van der Waals surface area contributed by atoms with E-state index < -0.39 is 28.2 Å². The molecule has 0 bridgehead atoms. The van der Waals surface area contributed by atoms with Crippen LogP contribution in [0.25, 0.3) is 0 Å². The van der Waals surface area contributed by atoms with Crippen LogP contribution in [0.5, 0.6) is 0 Å². The Labute approximate surface area is 375 Å². The van der Waals surface area contributed by atoms with Crippen LogP contribution in [0.3, 0.4) is 0 Å². The standard InChI is InChI=1S/C17H20GeO2S2.C12H7BrS2.C7H18GeO3.C4H8O.Mg.2H/c1-4-19-18(3,20-5-2)13-10-11-16-17(12-13)22-15-9-7-6-8-14(15)21-16;13-8-5-6-11-12(7-8)15-10-4-2-1-3-9(10)14-11;1-5-9-8(4,10-6-2)11-7-3;1-2-4-5-3-1;;;/h6-12H,4-5H2,1-3H3;1-7H;5-7H2,1-4H3;1-4H2;;;/q;;;;+2;2*-1. The molecule has 3 heterocycles. The fraction of sp³-hybridized carbons (Fsp3) is 0.400. The van der Waals surface area contributed by atoms with Crippen molar-refractivity contribution in [3.8, 4) is 0 Å². The third kappa shape index (κ3) is 15.2. The quantitative estimate of drug-likeness (QED) is 0.117. The smallest absolute Gasteiger partial charge is 1.00 e. The maximum absolute atomic E-state index is 6.07. The molecule has 0 aliphatic carbocycles. The van der Waals surface area contributed by atoms with Crippen LogP contribution in [-0.4, -0.2) is 97.5 Å². The first-order valence-corrected chi connectivity index (χ1v) is 31.9. The Morgan fingerprint density at radius 3 is 1.30 bits per heavy atom. The fourth-order valence-electron chi connectivity index (χ4n) is 5.49. The van der Waals surface area contributed by atoms with Crippen molar-refractivity contribution in [3.63, 3.8) is 0 Å². The van der Waals surface area contributed by atoms with Gasteiger partial charge in [0.15, 0.2) is 0 Å². The molecule has 14 heteroatoms. The number of benzene rings is 4. The van der Waals surface area contributed by atoms with E-state index >= 15 is 0 Å². The van der Waals surface area contributed by atoms with Gasteiger partial charge in [-0.2, -0.15) is 0 Å². The summed E-state index contributed by atoms with van der Waals surface area (Å²) < 4.78 is 35.8. The van der Waals surface area contributed by atoms with Crippen LogP contribution in [0.4, 0.5) is 0 Å². The van der Waals surface area contributed by atoms with Gasteiger partial charge in [0.1, 0.15) is 0 Å². The van der Waals surface area contributed by atoms with Gasteiger partial charge in [-0.05, 0) is 43.2 Å². The Morgan fingerprint density at radius 1 is 0.537 bits per heavy atom. The minimum atomic E-state index is -2.87. The minimum absolute atomic E-state index is 0. The second-order valence-corrected chi connectivity index (χ2v) is 28.9. The second-order valence-electron chi connectivity index (χ2n) is 11.8. The Kier molecular flexibility index (Phi) is 23.3. The largest absolute Gasteiger partial charge is 2.00 e. The molecule has 4 aromatic rings. The molecule has 0 saturated carbocycles. The summed E-state index contributed by atoms with van der Waals surface area (Å²) in [5.41, 5.74) is 0. The summed E-state index contributed by atoms with van der Waals surface area (Å²) in [5.74, 6) is 4.15. The van der Waals surface area contributed by atoms with E-state index in [2.05, 4.69) is 107 Å². The molecular formula is C40H55BrGe2MgO6S4. The average Bonchev–Trinajstić information content (AvgIpc) is 3.75. The van der Waals surface area contributed by atoms with Gasteiger partial charge in [-0.15, -0.1) is 0 Å². The van der Waals surface area contributed by atoms with E-state index in [9.17, 15) is 0 Å². The first-order chi connectivity index (χ1) is 25.7. The molecule has 0 amide bonds. The number of ether oxygens (including phenoxy) is 1. The number of halogens is 1. The van der Waals surface area contributed by atoms with Gasteiger partial charge in [0.25, 0.3) is 0 Å². The number of hydrogen-bond donors (Lipinski definition) is 0. The van der Waals surface area contributed by atoms with Gasteiger partial charge in [-0.1, -0.05) is 51.6 Å². The predicted octanol–water partition coefficient (Wildman–Crippen LogP) is 12.0. The van der Waals surface area contributed by atoms with Gasteiger partial charge >= 0.3 is 239 Å². The Bertz CT molecular complexity index is 1700. The van der Waals surface area contributed by atoms with Crippen molar-refractivity contribution < 1.29 is 26.4 Å². The molecule has 0 radical (unpaired) electrons. The maximum atomic E-state index is 6.07. The van der Waals surface area contributed by atoms with Gasteiger partial charge in [-0.25, -0.2) is 0 Å². The molecule has 6 nitrogen and oxygen atoms in total. The van der Waals surface area contributed by atoms with Crippen molar-refractivity contribution in [2.75, 3.05) is 46.2 Å².